The van der Waals surface area contributed by atoms with Crippen LogP contribution in [0.1, 0.15) is 28.8 Å². The number of halogens is 1. The predicted octanol–water partition coefficient (Wildman–Crippen LogP) is 2.63. The summed E-state index contributed by atoms with van der Waals surface area (Å²) in [5.41, 5.74) is 1.49. The zero-order chi connectivity index (χ0) is 14.2. The summed E-state index contributed by atoms with van der Waals surface area (Å²) in [4.78, 5) is 14.5. The number of amides is 1. The van der Waals surface area contributed by atoms with Crippen LogP contribution in [0.3, 0.4) is 0 Å². The van der Waals surface area contributed by atoms with Crippen molar-refractivity contribution in [3.05, 3.63) is 34.3 Å². The van der Waals surface area contributed by atoms with Gasteiger partial charge in [0.1, 0.15) is 0 Å². The van der Waals surface area contributed by atoms with Crippen LogP contribution in [-0.4, -0.2) is 42.9 Å². The van der Waals surface area contributed by atoms with Gasteiger partial charge in [0.25, 0.3) is 5.91 Å². The normalized spacial score (nSPS) is 21.4. The third kappa shape index (κ3) is 2.43. The Morgan fingerprint density at radius 1 is 1.35 bits per heavy atom. The Bertz CT molecular complexity index is 526. The molecule has 2 heterocycles. The number of carbonyl (C=O) groups excluding carboxylic acids is 1. The van der Waals surface area contributed by atoms with Crippen molar-refractivity contribution in [2.75, 3.05) is 26.3 Å². The van der Waals surface area contributed by atoms with Gasteiger partial charge < -0.3 is 14.4 Å². The average Bonchev–Trinajstić information content (AvgIpc) is 2.89. The SMILES string of the molecule is Cc1c(Cl)cccc1C(=O)N1CCCC2(C1)OCCO2. The number of ether oxygens (including phenoxy) is 2. The Hall–Kier alpha value is -1.10. The molecule has 0 unspecified atom stereocenters. The van der Waals surface area contributed by atoms with Gasteiger partial charge in [-0.25, -0.2) is 0 Å². The van der Waals surface area contributed by atoms with E-state index < -0.39 is 5.79 Å². The quantitative estimate of drug-likeness (QED) is 0.799. The standard InChI is InChI=1S/C15H18ClNO3/c1-11-12(4-2-5-13(11)16)14(18)17-7-3-6-15(10-17)19-8-9-20-15/h2,4-5H,3,6-10H2,1H3. The zero-order valence-electron chi connectivity index (χ0n) is 11.5. The largest absolute Gasteiger partial charge is 0.346 e. The van der Waals surface area contributed by atoms with Gasteiger partial charge in [0, 0.05) is 23.6 Å². The van der Waals surface area contributed by atoms with Crippen LogP contribution in [0.5, 0.6) is 0 Å². The van der Waals surface area contributed by atoms with Crippen molar-refractivity contribution in [3.8, 4) is 0 Å². The summed E-state index contributed by atoms with van der Waals surface area (Å²) in [5, 5.41) is 0.621. The number of rotatable bonds is 1. The molecule has 1 spiro atoms. The summed E-state index contributed by atoms with van der Waals surface area (Å²) in [6, 6.07) is 5.43. The van der Waals surface area contributed by atoms with Gasteiger partial charge in [0.2, 0.25) is 0 Å². The number of hydrogen-bond donors (Lipinski definition) is 0. The zero-order valence-corrected chi connectivity index (χ0v) is 12.3. The van der Waals surface area contributed by atoms with Gasteiger partial charge in [0.05, 0.1) is 19.8 Å². The van der Waals surface area contributed by atoms with Crippen molar-refractivity contribution >= 4 is 17.5 Å². The lowest BCUT2D eigenvalue weighted by Crippen LogP contribution is -2.51. The number of piperidine rings is 1. The van der Waals surface area contributed by atoms with Crippen molar-refractivity contribution in [1.82, 2.24) is 4.90 Å². The lowest BCUT2D eigenvalue weighted by Gasteiger charge is -2.38. The van der Waals surface area contributed by atoms with Crippen LogP contribution in [0.2, 0.25) is 5.02 Å². The fourth-order valence-corrected chi connectivity index (χ4v) is 3.08. The van der Waals surface area contributed by atoms with Gasteiger partial charge in [-0.2, -0.15) is 0 Å². The van der Waals surface area contributed by atoms with Gasteiger partial charge in [-0.3, -0.25) is 4.79 Å². The van der Waals surface area contributed by atoms with E-state index in [1.807, 2.05) is 24.0 Å². The van der Waals surface area contributed by atoms with E-state index in [0.717, 1.165) is 24.9 Å². The second-order valence-electron chi connectivity index (χ2n) is 5.35. The smallest absolute Gasteiger partial charge is 0.254 e. The molecule has 0 atom stereocenters. The van der Waals surface area contributed by atoms with Gasteiger partial charge >= 0.3 is 0 Å². The lowest BCUT2D eigenvalue weighted by molar-refractivity contribution is -0.183. The molecule has 0 aliphatic carbocycles. The van der Waals surface area contributed by atoms with E-state index in [-0.39, 0.29) is 5.91 Å². The average molecular weight is 296 g/mol. The van der Waals surface area contributed by atoms with E-state index in [2.05, 4.69) is 0 Å². The highest BCUT2D eigenvalue weighted by Gasteiger charge is 2.42. The number of carbonyl (C=O) groups is 1. The van der Waals surface area contributed by atoms with Crippen LogP contribution in [0.25, 0.3) is 0 Å². The minimum atomic E-state index is -0.583. The summed E-state index contributed by atoms with van der Waals surface area (Å²) in [7, 11) is 0. The molecule has 108 valence electrons. The molecule has 1 amide bonds. The second-order valence-corrected chi connectivity index (χ2v) is 5.76. The Morgan fingerprint density at radius 3 is 2.85 bits per heavy atom. The summed E-state index contributed by atoms with van der Waals surface area (Å²) in [6.07, 6.45) is 1.75. The molecule has 2 aliphatic heterocycles. The highest BCUT2D eigenvalue weighted by molar-refractivity contribution is 6.31. The van der Waals surface area contributed by atoms with Gasteiger partial charge in [-0.15, -0.1) is 0 Å². The number of likely N-dealkylation sites (tertiary alicyclic amines) is 1. The third-order valence-electron chi connectivity index (χ3n) is 4.02. The molecule has 2 aliphatic rings. The van der Waals surface area contributed by atoms with Crippen LogP contribution in [0.4, 0.5) is 0 Å². The molecule has 0 radical (unpaired) electrons. The van der Waals surface area contributed by atoms with Gasteiger partial charge in [0.15, 0.2) is 5.79 Å². The second kappa shape index (κ2) is 5.35. The van der Waals surface area contributed by atoms with E-state index in [1.165, 1.54) is 0 Å². The molecule has 1 aromatic rings. The Balaban J connectivity index is 1.81. The fourth-order valence-electron chi connectivity index (χ4n) is 2.90. The molecule has 2 fully saturated rings. The topological polar surface area (TPSA) is 38.8 Å². The van der Waals surface area contributed by atoms with Crippen molar-refractivity contribution in [1.29, 1.82) is 0 Å². The first-order valence-corrected chi connectivity index (χ1v) is 7.31. The summed E-state index contributed by atoms with van der Waals surface area (Å²) < 4.78 is 11.4. The van der Waals surface area contributed by atoms with E-state index in [9.17, 15) is 4.79 Å². The van der Waals surface area contributed by atoms with E-state index in [4.69, 9.17) is 21.1 Å². The molecule has 2 saturated heterocycles. The van der Waals surface area contributed by atoms with Gasteiger partial charge in [-0.1, -0.05) is 17.7 Å². The van der Waals surface area contributed by atoms with E-state index in [1.54, 1.807) is 6.07 Å². The summed E-state index contributed by atoms with van der Waals surface area (Å²) in [6.45, 7) is 4.32. The Labute approximate surface area is 123 Å². The van der Waals surface area contributed by atoms with Crippen LogP contribution in [0, 0.1) is 6.92 Å². The monoisotopic (exact) mass is 295 g/mol. The summed E-state index contributed by atoms with van der Waals surface area (Å²) in [5.74, 6) is -0.580. The first kappa shape index (κ1) is 13.9. The van der Waals surface area contributed by atoms with Crippen molar-refractivity contribution in [3.63, 3.8) is 0 Å². The molecule has 3 rings (SSSR count). The van der Waals surface area contributed by atoms with E-state index in [0.29, 0.717) is 30.3 Å². The minimum absolute atomic E-state index is 0.00294. The molecular formula is C15H18ClNO3. The molecule has 0 bridgehead atoms. The van der Waals surface area contributed by atoms with E-state index >= 15 is 0 Å². The molecule has 0 saturated carbocycles. The van der Waals surface area contributed by atoms with Gasteiger partial charge in [-0.05, 0) is 31.0 Å². The molecule has 1 aromatic carbocycles. The lowest BCUT2D eigenvalue weighted by atomic mass is 10.0. The minimum Gasteiger partial charge on any atom is -0.346 e. The van der Waals surface area contributed by atoms with Crippen molar-refractivity contribution in [2.24, 2.45) is 0 Å². The highest BCUT2D eigenvalue weighted by Crippen LogP contribution is 2.31. The Morgan fingerprint density at radius 2 is 2.10 bits per heavy atom. The first-order chi connectivity index (χ1) is 9.61. The third-order valence-corrected chi connectivity index (χ3v) is 4.43. The molecule has 20 heavy (non-hydrogen) atoms. The maximum Gasteiger partial charge on any atom is 0.254 e. The molecule has 0 N–H and O–H groups in total. The van der Waals surface area contributed by atoms with Crippen molar-refractivity contribution < 1.29 is 14.3 Å². The fraction of sp³-hybridized carbons (Fsp3) is 0.533. The van der Waals surface area contributed by atoms with Crippen LogP contribution in [0.15, 0.2) is 18.2 Å². The predicted molar refractivity (Wildman–Crippen MR) is 76.0 cm³/mol. The number of nitrogens with zero attached hydrogens (tertiary/aromatic N) is 1. The highest BCUT2D eigenvalue weighted by atomic mass is 35.5. The number of benzene rings is 1. The summed E-state index contributed by atoms with van der Waals surface area (Å²) >= 11 is 6.10. The molecule has 5 heteroatoms. The molecule has 0 aromatic heterocycles. The first-order valence-electron chi connectivity index (χ1n) is 6.94. The molecule has 4 nitrogen and oxygen atoms in total. The van der Waals surface area contributed by atoms with Crippen LogP contribution in [-0.2, 0) is 9.47 Å². The maximum atomic E-state index is 12.7. The number of hydrogen-bond acceptors (Lipinski definition) is 3. The maximum absolute atomic E-state index is 12.7. The Kier molecular flexibility index (Phi) is 3.71. The van der Waals surface area contributed by atoms with Crippen LogP contribution >= 0.6 is 11.6 Å². The molecular weight excluding hydrogens is 278 g/mol. The van der Waals surface area contributed by atoms with Crippen LogP contribution < -0.4 is 0 Å². The van der Waals surface area contributed by atoms with Crippen molar-refractivity contribution in [2.45, 2.75) is 25.6 Å².